The summed E-state index contributed by atoms with van der Waals surface area (Å²) in [5.74, 6) is -4.02. The van der Waals surface area contributed by atoms with Gasteiger partial charge in [0.1, 0.15) is 34.0 Å². The normalized spacial score (nSPS) is 16.3. The Kier molecular flexibility index (Phi) is 8.01. The predicted molar refractivity (Wildman–Crippen MR) is 154 cm³/mol. The number of imidazole rings is 1. The second kappa shape index (κ2) is 11.7. The van der Waals surface area contributed by atoms with Gasteiger partial charge in [0, 0.05) is 17.4 Å². The van der Waals surface area contributed by atoms with Crippen LogP contribution in [-0.2, 0) is 23.9 Å². The molecule has 1 aliphatic rings. The number of ether oxygens (including phenoxy) is 2. The van der Waals surface area contributed by atoms with Crippen molar-refractivity contribution in [2.24, 2.45) is 5.41 Å². The van der Waals surface area contributed by atoms with Crippen molar-refractivity contribution < 1.29 is 45.7 Å². The maximum absolute atomic E-state index is 15.6. The molecule has 5 aromatic rings. The summed E-state index contributed by atoms with van der Waals surface area (Å²) in [5.41, 5.74) is 0.158. The minimum atomic E-state index is -4.59. The molecule has 1 fully saturated rings. The highest BCUT2D eigenvalue weighted by Gasteiger charge is 2.39. The van der Waals surface area contributed by atoms with Crippen LogP contribution >= 0.6 is 11.3 Å². The lowest BCUT2D eigenvalue weighted by atomic mass is 9.87. The quantitative estimate of drug-likeness (QED) is 0.172. The van der Waals surface area contributed by atoms with Gasteiger partial charge in [0.25, 0.3) is 5.88 Å². The van der Waals surface area contributed by atoms with Gasteiger partial charge in [-0.3, -0.25) is 0 Å². The van der Waals surface area contributed by atoms with E-state index in [4.69, 9.17) is 9.47 Å². The van der Waals surface area contributed by atoms with Gasteiger partial charge in [-0.15, -0.1) is 11.3 Å². The number of nitrogens with zero attached hydrogens (tertiary/aromatic N) is 4. The fourth-order valence-electron chi connectivity index (χ4n) is 5.33. The third-order valence-corrected chi connectivity index (χ3v) is 8.73. The lowest BCUT2D eigenvalue weighted by molar-refractivity contribution is -0.134. The molecule has 3 aromatic heterocycles. The van der Waals surface area contributed by atoms with Crippen molar-refractivity contribution >= 4 is 28.3 Å². The van der Waals surface area contributed by atoms with Gasteiger partial charge in [-0.2, -0.15) is 13.2 Å². The van der Waals surface area contributed by atoms with E-state index in [1.54, 1.807) is 6.07 Å². The van der Waals surface area contributed by atoms with Crippen LogP contribution in [0.15, 0.2) is 48.7 Å². The van der Waals surface area contributed by atoms with Crippen molar-refractivity contribution in [3.05, 3.63) is 92.9 Å². The highest BCUT2D eigenvalue weighted by Crippen LogP contribution is 2.41. The molecular formula is C31H24F6N4O4S. The first-order valence-electron chi connectivity index (χ1n) is 13.8. The molecule has 1 atom stereocenters. The number of halogens is 6. The Labute approximate surface area is 261 Å². The second-order valence-corrected chi connectivity index (χ2v) is 12.5. The Bertz CT molecular complexity index is 1970. The summed E-state index contributed by atoms with van der Waals surface area (Å²) in [6.07, 6.45) is -4.11. The van der Waals surface area contributed by atoms with Crippen LogP contribution in [-0.4, -0.2) is 43.8 Å². The molecule has 1 unspecified atom stereocenters. The van der Waals surface area contributed by atoms with Crippen LogP contribution in [0.25, 0.3) is 22.3 Å². The van der Waals surface area contributed by atoms with Crippen LogP contribution in [0.4, 0.5) is 26.3 Å². The van der Waals surface area contributed by atoms with Crippen LogP contribution in [0, 0.1) is 22.9 Å². The molecule has 15 heteroatoms. The Morgan fingerprint density at radius 1 is 1.09 bits per heavy atom. The van der Waals surface area contributed by atoms with E-state index in [1.165, 1.54) is 12.1 Å². The average Bonchev–Trinajstić information content (AvgIpc) is 3.70. The number of carbonyl (C=O) groups is 1. The number of aromatic nitrogens is 4. The number of hydrogen-bond acceptors (Lipinski definition) is 7. The summed E-state index contributed by atoms with van der Waals surface area (Å²) >= 11 is 0.323. The monoisotopic (exact) mass is 662 g/mol. The average molecular weight is 663 g/mol. The lowest BCUT2D eigenvalue weighted by Crippen LogP contribution is -2.27. The molecule has 6 rings (SSSR count). The van der Waals surface area contributed by atoms with E-state index in [-0.39, 0.29) is 45.3 Å². The zero-order valence-electron chi connectivity index (χ0n) is 24.2. The van der Waals surface area contributed by atoms with Crippen molar-refractivity contribution in [1.29, 1.82) is 0 Å². The SMILES string of the molecule is CC1(C)COCC1n1c(Cc2cc(F)c(-c3ccc(F)c(OCc4ncc(C(F)(F)F)s4)n3)cc2F)nc2ccc(C(=O)O)cc21. The summed E-state index contributed by atoms with van der Waals surface area (Å²) < 4.78 is 96.9. The fraction of sp³-hybridized carbons (Fsp3) is 0.290. The maximum Gasteiger partial charge on any atom is 0.427 e. The molecule has 240 valence electrons. The number of carboxylic acid groups (broad SMARTS) is 1. The van der Waals surface area contributed by atoms with Crippen molar-refractivity contribution in [3.8, 4) is 17.1 Å². The third-order valence-electron chi connectivity index (χ3n) is 7.71. The highest BCUT2D eigenvalue weighted by atomic mass is 32.1. The number of hydrogen-bond donors (Lipinski definition) is 1. The lowest BCUT2D eigenvalue weighted by Gasteiger charge is -2.28. The molecule has 1 saturated heterocycles. The van der Waals surface area contributed by atoms with E-state index in [0.29, 0.717) is 47.6 Å². The molecular weight excluding hydrogens is 638 g/mol. The minimum Gasteiger partial charge on any atom is -0.478 e. The van der Waals surface area contributed by atoms with Crippen LogP contribution in [0.3, 0.4) is 0 Å². The molecule has 46 heavy (non-hydrogen) atoms. The zero-order chi connectivity index (χ0) is 33.0. The first kappa shape index (κ1) is 31.5. The molecule has 2 aromatic carbocycles. The summed E-state index contributed by atoms with van der Waals surface area (Å²) in [7, 11) is 0. The Hall–Kier alpha value is -4.50. The first-order chi connectivity index (χ1) is 21.7. The summed E-state index contributed by atoms with van der Waals surface area (Å²) in [6.45, 7) is 4.19. The van der Waals surface area contributed by atoms with Gasteiger partial charge in [0.2, 0.25) is 0 Å². The van der Waals surface area contributed by atoms with Crippen LogP contribution in [0.1, 0.15) is 51.5 Å². The summed E-state index contributed by atoms with van der Waals surface area (Å²) in [5, 5.41) is 9.47. The van der Waals surface area contributed by atoms with E-state index in [1.807, 2.05) is 18.4 Å². The van der Waals surface area contributed by atoms with E-state index >= 15 is 8.78 Å². The van der Waals surface area contributed by atoms with Crippen LogP contribution in [0.5, 0.6) is 5.88 Å². The zero-order valence-corrected chi connectivity index (χ0v) is 25.0. The van der Waals surface area contributed by atoms with Gasteiger partial charge in [-0.1, -0.05) is 13.8 Å². The maximum atomic E-state index is 15.6. The number of thiazole rings is 1. The van der Waals surface area contributed by atoms with Gasteiger partial charge in [-0.05, 0) is 48.0 Å². The molecule has 1 N–H and O–H groups in total. The number of pyridine rings is 1. The number of benzene rings is 2. The molecule has 1 aliphatic heterocycles. The van der Waals surface area contributed by atoms with E-state index in [2.05, 4.69) is 15.0 Å². The van der Waals surface area contributed by atoms with Crippen molar-refractivity contribution in [2.75, 3.05) is 13.2 Å². The third kappa shape index (κ3) is 6.03. The van der Waals surface area contributed by atoms with E-state index in [0.717, 1.165) is 24.3 Å². The van der Waals surface area contributed by atoms with Crippen molar-refractivity contribution in [1.82, 2.24) is 19.5 Å². The number of aromatic carboxylic acids is 1. The first-order valence-corrected chi connectivity index (χ1v) is 14.6. The Morgan fingerprint density at radius 2 is 1.87 bits per heavy atom. The van der Waals surface area contributed by atoms with E-state index in [9.17, 15) is 27.5 Å². The largest absolute Gasteiger partial charge is 0.478 e. The molecule has 0 amide bonds. The summed E-state index contributed by atoms with van der Waals surface area (Å²) in [6, 6.07) is 8.13. The van der Waals surface area contributed by atoms with Crippen molar-refractivity contribution in [2.45, 2.75) is 39.1 Å². The Balaban J connectivity index is 1.31. The topological polar surface area (TPSA) is 99.4 Å². The Morgan fingerprint density at radius 3 is 2.54 bits per heavy atom. The fourth-order valence-corrected chi connectivity index (χ4v) is 6.03. The molecule has 4 heterocycles. The highest BCUT2D eigenvalue weighted by molar-refractivity contribution is 7.11. The number of carboxylic acids is 1. The molecule has 0 radical (unpaired) electrons. The molecule has 0 saturated carbocycles. The van der Waals surface area contributed by atoms with Gasteiger partial charge in [0.05, 0.1) is 47.7 Å². The van der Waals surface area contributed by atoms with Gasteiger partial charge in [0.15, 0.2) is 5.82 Å². The van der Waals surface area contributed by atoms with Gasteiger partial charge in [-0.25, -0.2) is 32.9 Å². The van der Waals surface area contributed by atoms with Crippen LogP contribution < -0.4 is 4.74 Å². The van der Waals surface area contributed by atoms with Gasteiger partial charge < -0.3 is 19.1 Å². The molecule has 0 spiro atoms. The predicted octanol–water partition coefficient (Wildman–Crippen LogP) is 7.46. The summed E-state index contributed by atoms with van der Waals surface area (Å²) in [4.78, 5) is 22.9. The molecule has 0 bridgehead atoms. The number of rotatable bonds is 8. The minimum absolute atomic E-state index is 0.0455. The van der Waals surface area contributed by atoms with Gasteiger partial charge >= 0.3 is 12.1 Å². The standard InChI is InChI=1S/C31H24F6N4O4S/c1-30(2)14-44-12-24(30)41-23-8-15(29(42)43)3-5-22(23)39-26(41)9-16-7-20(34)17(10-19(16)33)21-6-4-18(32)28(40-21)45-13-27-38-11-25(46-27)31(35,36)37/h3-8,10-11,24H,9,12-14H2,1-2H3,(H,42,43). The molecule has 8 nitrogen and oxygen atoms in total. The van der Waals surface area contributed by atoms with E-state index < -0.39 is 47.0 Å². The molecule has 0 aliphatic carbocycles. The smallest absolute Gasteiger partial charge is 0.427 e. The van der Waals surface area contributed by atoms with Crippen molar-refractivity contribution in [3.63, 3.8) is 0 Å². The second-order valence-electron chi connectivity index (χ2n) is 11.4. The number of alkyl halides is 3. The number of fused-ring (bicyclic) bond motifs is 1. The van der Waals surface area contributed by atoms with Crippen LogP contribution in [0.2, 0.25) is 0 Å².